The molecular formula is C11H17NO5S2. The number of rotatable bonds is 6. The molecule has 0 bridgehead atoms. The summed E-state index contributed by atoms with van der Waals surface area (Å²) in [6.45, 7) is 3.86. The van der Waals surface area contributed by atoms with Crippen LogP contribution in [0.1, 0.15) is 12.5 Å². The third-order valence-corrected chi connectivity index (χ3v) is 3.97. The van der Waals surface area contributed by atoms with Crippen molar-refractivity contribution >= 4 is 33.0 Å². The third kappa shape index (κ3) is 4.57. The van der Waals surface area contributed by atoms with Crippen LogP contribution in [0.5, 0.6) is 0 Å². The Balaban J connectivity index is 3.06. The predicted molar refractivity (Wildman–Crippen MR) is 74.3 cm³/mol. The van der Waals surface area contributed by atoms with Crippen molar-refractivity contribution in [2.24, 2.45) is 0 Å². The fourth-order valence-corrected chi connectivity index (χ4v) is 3.03. The first-order chi connectivity index (χ1) is 8.76. The van der Waals surface area contributed by atoms with Crippen LogP contribution in [0.3, 0.4) is 0 Å². The number of nitrogens with zero attached hydrogens (tertiary/aromatic N) is 1. The summed E-state index contributed by atoms with van der Waals surface area (Å²) in [4.78, 5) is 13.4. The molecule has 1 N–H and O–H groups in total. The number of ether oxygens (including phenoxy) is 1. The van der Waals surface area contributed by atoms with Gasteiger partial charge < -0.3 is 9.64 Å². The highest BCUT2D eigenvalue weighted by atomic mass is 32.2. The van der Waals surface area contributed by atoms with E-state index < -0.39 is 21.8 Å². The molecule has 0 saturated heterocycles. The number of hydrogen-bond donors (Lipinski definition) is 1. The Labute approximate surface area is 116 Å². The second-order valence-corrected chi connectivity index (χ2v) is 6.43. The van der Waals surface area contributed by atoms with Crippen LogP contribution in [0.4, 0.5) is 5.69 Å². The number of thiophene rings is 1. The topological polar surface area (TPSA) is 83.9 Å². The highest BCUT2D eigenvalue weighted by Crippen LogP contribution is 2.26. The lowest BCUT2D eigenvalue weighted by atomic mass is 10.2. The number of hydrogen-bond acceptors (Lipinski definition) is 5. The summed E-state index contributed by atoms with van der Waals surface area (Å²) in [5.74, 6) is -1.61. The molecule has 1 rings (SSSR count). The molecule has 1 amide bonds. The minimum atomic E-state index is -4.35. The Morgan fingerprint density at radius 2 is 2.16 bits per heavy atom. The maximum atomic E-state index is 12.1. The summed E-state index contributed by atoms with van der Waals surface area (Å²) in [5, 5.41) is 3.63. The number of carbonyl (C=O) groups is 1. The highest BCUT2D eigenvalue weighted by molar-refractivity contribution is 7.86. The molecule has 8 heteroatoms. The smallest absolute Gasteiger partial charge is 0.274 e. The van der Waals surface area contributed by atoms with Crippen molar-refractivity contribution in [3.05, 3.63) is 16.3 Å². The van der Waals surface area contributed by atoms with Crippen molar-refractivity contribution in [3.8, 4) is 0 Å². The van der Waals surface area contributed by atoms with Crippen LogP contribution in [0.15, 0.2) is 10.8 Å². The van der Waals surface area contributed by atoms with E-state index in [1.807, 2.05) is 12.3 Å². The lowest BCUT2D eigenvalue weighted by Crippen LogP contribution is -2.44. The molecular weight excluding hydrogens is 290 g/mol. The maximum Gasteiger partial charge on any atom is 0.274 e. The van der Waals surface area contributed by atoms with Gasteiger partial charge in [0.25, 0.3) is 10.1 Å². The van der Waals surface area contributed by atoms with E-state index in [2.05, 4.69) is 0 Å². The SMILES string of the molecule is COCC(C)N(C(=O)CS(=O)(=O)O)c1cscc1C. The van der Waals surface area contributed by atoms with Crippen LogP contribution in [-0.4, -0.2) is 44.4 Å². The van der Waals surface area contributed by atoms with Gasteiger partial charge in [-0.2, -0.15) is 8.42 Å². The zero-order valence-corrected chi connectivity index (χ0v) is 12.6. The van der Waals surface area contributed by atoms with Gasteiger partial charge in [-0.05, 0) is 24.8 Å². The van der Waals surface area contributed by atoms with Gasteiger partial charge in [0, 0.05) is 12.5 Å². The fourth-order valence-electron chi connectivity index (χ4n) is 1.76. The molecule has 0 fully saturated rings. The summed E-state index contributed by atoms with van der Waals surface area (Å²) in [5.41, 5.74) is 1.51. The monoisotopic (exact) mass is 307 g/mol. The minimum Gasteiger partial charge on any atom is -0.383 e. The van der Waals surface area contributed by atoms with Crippen molar-refractivity contribution in [1.29, 1.82) is 0 Å². The second-order valence-electron chi connectivity index (χ2n) is 4.23. The zero-order valence-electron chi connectivity index (χ0n) is 11.0. The number of aryl methyl sites for hydroxylation is 1. The van der Waals surface area contributed by atoms with Crippen LogP contribution in [0, 0.1) is 6.92 Å². The van der Waals surface area contributed by atoms with E-state index in [1.54, 1.807) is 12.3 Å². The Hall–Kier alpha value is -0.960. The molecule has 0 aliphatic heterocycles. The quantitative estimate of drug-likeness (QED) is 0.801. The van der Waals surface area contributed by atoms with Crippen molar-refractivity contribution < 1.29 is 22.5 Å². The van der Waals surface area contributed by atoms with Crippen molar-refractivity contribution in [2.45, 2.75) is 19.9 Å². The number of amides is 1. The molecule has 0 spiro atoms. The van der Waals surface area contributed by atoms with Crippen LogP contribution in [-0.2, 0) is 19.6 Å². The van der Waals surface area contributed by atoms with Gasteiger partial charge in [0.1, 0.15) is 0 Å². The summed E-state index contributed by atoms with van der Waals surface area (Å²) >= 11 is 1.42. The highest BCUT2D eigenvalue weighted by Gasteiger charge is 2.27. The molecule has 0 aliphatic rings. The Kier molecular flexibility index (Phi) is 5.48. The molecule has 108 valence electrons. The lowest BCUT2D eigenvalue weighted by Gasteiger charge is -2.28. The molecule has 1 unspecified atom stereocenters. The summed E-state index contributed by atoms with van der Waals surface area (Å²) in [6, 6.07) is -0.326. The predicted octanol–water partition coefficient (Wildman–Crippen LogP) is 1.31. The molecule has 0 aromatic carbocycles. The molecule has 0 radical (unpaired) electrons. The van der Waals surface area contributed by atoms with Crippen LogP contribution >= 0.6 is 11.3 Å². The maximum absolute atomic E-state index is 12.1. The first kappa shape index (κ1) is 16.1. The first-order valence-electron chi connectivity index (χ1n) is 5.55. The van der Waals surface area contributed by atoms with Gasteiger partial charge in [0.2, 0.25) is 5.91 Å². The number of carbonyl (C=O) groups excluding carboxylic acids is 1. The van der Waals surface area contributed by atoms with E-state index in [0.717, 1.165) is 5.56 Å². The Morgan fingerprint density at radius 1 is 1.53 bits per heavy atom. The molecule has 1 atom stereocenters. The Bertz CT molecular complexity index is 537. The van der Waals surface area contributed by atoms with Crippen molar-refractivity contribution in [2.75, 3.05) is 24.4 Å². The largest absolute Gasteiger partial charge is 0.383 e. The fraction of sp³-hybridized carbons (Fsp3) is 0.545. The number of anilines is 1. The van der Waals surface area contributed by atoms with E-state index >= 15 is 0 Å². The number of methoxy groups -OCH3 is 1. The van der Waals surface area contributed by atoms with E-state index in [9.17, 15) is 13.2 Å². The van der Waals surface area contributed by atoms with Crippen LogP contribution < -0.4 is 4.90 Å². The van der Waals surface area contributed by atoms with Crippen LogP contribution in [0.25, 0.3) is 0 Å². The zero-order chi connectivity index (χ0) is 14.6. The van der Waals surface area contributed by atoms with Gasteiger partial charge in [-0.3, -0.25) is 9.35 Å². The normalized spacial score (nSPS) is 13.3. The molecule has 1 aromatic rings. The summed E-state index contributed by atoms with van der Waals surface area (Å²) in [6.07, 6.45) is 0. The van der Waals surface area contributed by atoms with Gasteiger partial charge >= 0.3 is 0 Å². The third-order valence-electron chi connectivity index (χ3n) is 2.51. The van der Waals surface area contributed by atoms with Gasteiger partial charge in [0.05, 0.1) is 18.3 Å². The van der Waals surface area contributed by atoms with Crippen molar-refractivity contribution in [3.63, 3.8) is 0 Å². The van der Waals surface area contributed by atoms with Crippen molar-refractivity contribution in [1.82, 2.24) is 0 Å². The molecule has 0 saturated carbocycles. The average molecular weight is 307 g/mol. The second kappa shape index (κ2) is 6.47. The van der Waals surface area contributed by atoms with Gasteiger partial charge in [-0.25, -0.2) is 0 Å². The van der Waals surface area contributed by atoms with E-state index in [-0.39, 0.29) is 12.6 Å². The molecule has 1 aromatic heterocycles. The van der Waals surface area contributed by atoms with E-state index in [4.69, 9.17) is 9.29 Å². The standard InChI is InChI=1S/C11H17NO5S2/c1-8-5-18-6-10(8)12(9(2)4-17-3)11(13)7-19(14,15)16/h5-6,9H,4,7H2,1-3H3,(H,14,15,16). The summed E-state index contributed by atoms with van der Waals surface area (Å²) in [7, 11) is -2.85. The lowest BCUT2D eigenvalue weighted by molar-refractivity contribution is -0.116. The first-order valence-corrected chi connectivity index (χ1v) is 8.10. The summed E-state index contributed by atoms with van der Waals surface area (Å²) < 4.78 is 35.5. The van der Waals surface area contributed by atoms with Gasteiger partial charge in [0.15, 0.2) is 5.75 Å². The van der Waals surface area contributed by atoms with E-state index in [1.165, 1.54) is 23.3 Å². The van der Waals surface area contributed by atoms with Gasteiger partial charge in [-0.1, -0.05) is 0 Å². The van der Waals surface area contributed by atoms with E-state index in [0.29, 0.717) is 5.69 Å². The molecule has 6 nitrogen and oxygen atoms in total. The Morgan fingerprint density at radius 3 is 2.58 bits per heavy atom. The average Bonchev–Trinajstić information content (AvgIpc) is 2.63. The minimum absolute atomic E-state index is 0.270. The molecule has 1 heterocycles. The van der Waals surface area contributed by atoms with Crippen LogP contribution in [0.2, 0.25) is 0 Å². The molecule has 0 aliphatic carbocycles. The van der Waals surface area contributed by atoms with Gasteiger partial charge in [-0.15, -0.1) is 11.3 Å². The molecule has 19 heavy (non-hydrogen) atoms.